The van der Waals surface area contributed by atoms with E-state index in [2.05, 4.69) is 30.9 Å². The van der Waals surface area contributed by atoms with E-state index in [0.29, 0.717) is 11.7 Å². The van der Waals surface area contributed by atoms with E-state index in [0.717, 1.165) is 19.3 Å². The summed E-state index contributed by atoms with van der Waals surface area (Å²) in [6, 6.07) is 0. The minimum atomic E-state index is -0.336. The number of aromatic nitrogens is 2. The van der Waals surface area contributed by atoms with Crippen LogP contribution in [0.5, 0.6) is 0 Å². The normalized spacial score (nSPS) is 20.0. The van der Waals surface area contributed by atoms with Crippen LogP contribution in [0.2, 0.25) is 0 Å². The molecule has 1 heterocycles. The number of hydrogen-bond acceptors (Lipinski definition) is 4. The van der Waals surface area contributed by atoms with E-state index in [1.54, 1.807) is 0 Å². The van der Waals surface area contributed by atoms with Crippen LogP contribution in [0.3, 0.4) is 0 Å². The minimum Gasteiger partial charge on any atom is -0.335 e. The Morgan fingerprint density at radius 1 is 1.38 bits per heavy atom. The summed E-state index contributed by atoms with van der Waals surface area (Å²) in [6.45, 7) is 6.37. The fourth-order valence-electron chi connectivity index (χ4n) is 1.61. The molecule has 1 aliphatic rings. The van der Waals surface area contributed by atoms with Crippen molar-refractivity contribution in [2.45, 2.75) is 45.6 Å². The predicted molar refractivity (Wildman–Crippen MR) is 62.5 cm³/mol. The molecular weight excluding hydrogens is 202 g/mol. The first kappa shape index (κ1) is 11.3. The van der Waals surface area contributed by atoms with E-state index in [1.807, 2.05) is 12.2 Å². The van der Waals surface area contributed by atoms with E-state index in [4.69, 9.17) is 10.3 Å². The van der Waals surface area contributed by atoms with Crippen molar-refractivity contribution < 1.29 is 4.52 Å². The topological polar surface area (TPSA) is 64.9 Å². The van der Waals surface area contributed by atoms with Crippen molar-refractivity contribution in [1.29, 1.82) is 0 Å². The molecule has 0 atom stereocenters. The number of rotatable bonds is 2. The quantitative estimate of drug-likeness (QED) is 0.833. The van der Waals surface area contributed by atoms with Crippen molar-refractivity contribution in [3.05, 3.63) is 17.8 Å². The molecule has 1 aromatic heterocycles. The monoisotopic (exact) mass is 221 g/mol. The molecule has 0 unspecified atom stereocenters. The molecule has 0 aromatic carbocycles. The SMILES string of the molecule is CC(C)(C)/C=C/c1nc(C2(N)CCC2)no1. The number of hydrogen-bond donors (Lipinski definition) is 1. The highest BCUT2D eigenvalue weighted by molar-refractivity contribution is 5.39. The van der Waals surface area contributed by atoms with Gasteiger partial charge in [0.25, 0.3) is 0 Å². The van der Waals surface area contributed by atoms with Gasteiger partial charge in [0, 0.05) is 0 Å². The Morgan fingerprint density at radius 3 is 2.56 bits per heavy atom. The van der Waals surface area contributed by atoms with Gasteiger partial charge in [-0.05, 0) is 30.8 Å². The van der Waals surface area contributed by atoms with E-state index in [1.165, 1.54) is 0 Å². The zero-order valence-electron chi connectivity index (χ0n) is 10.2. The fraction of sp³-hybridized carbons (Fsp3) is 0.667. The molecule has 88 valence electrons. The Balaban J connectivity index is 2.11. The average Bonchev–Trinajstić information content (AvgIpc) is 2.58. The van der Waals surface area contributed by atoms with Gasteiger partial charge in [-0.1, -0.05) is 32.0 Å². The molecule has 0 spiro atoms. The Bertz CT molecular complexity index is 397. The zero-order chi connectivity index (χ0) is 11.8. The zero-order valence-corrected chi connectivity index (χ0v) is 10.2. The Labute approximate surface area is 95.9 Å². The second-order valence-corrected chi connectivity index (χ2v) is 5.67. The predicted octanol–water partition coefficient (Wildman–Crippen LogP) is 2.47. The van der Waals surface area contributed by atoms with Crippen LogP contribution in [-0.2, 0) is 5.54 Å². The first-order valence-corrected chi connectivity index (χ1v) is 5.71. The van der Waals surface area contributed by atoms with Gasteiger partial charge in [-0.2, -0.15) is 4.98 Å². The maximum atomic E-state index is 6.11. The highest BCUT2D eigenvalue weighted by Gasteiger charge is 2.38. The first-order valence-electron chi connectivity index (χ1n) is 5.71. The van der Waals surface area contributed by atoms with Gasteiger partial charge in [0.05, 0.1) is 5.54 Å². The Hall–Kier alpha value is -1.16. The number of nitrogens with zero attached hydrogens (tertiary/aromatic N) is 2. The first-order chi connectivity index (χ1) is 7.39. The molecule has 0 radical (unpaired) electrons. The molecule has 0 bridgehead atoms. The average molecular weight is 221 g/mol. The molecule has 1 aromatic rings. The van der Waals surface area contributed by atoms with E-state index < -0.39 is 0 Å². The van der Waals surface area contributed by atoms with Gasteiger partial charge in [-0.15, -0.1) is 0 Å². The Morgan fingerprint density at radius 2 is 2.06 bits per heavy atom. The highest BCUT2D eigenvalue weighted by atomic mass is 16.5. The van der Waals surface area contributed by atoms with Crippen LogP contribution in [0, 0.1) is 5.41 Å². The molecule has 4 heteroatoms. The lowest BCUT2D eigenvalue weighted by atomic mass is 9.77. The van der Waals surface area contributed by atoms with Crippen molar-refractivity contribution in [2.75, 3.05) is 0 Å². The minimum absolute atomic E-state index is 0.117. The summed E-state index contributed by atoms with van der Waals surface area (Å²) >= 11 is 0. The van der Waals surface area contributed by atoms with Crippen molar-refractivity contribution in [2.24, 2.45) is 11.1 Å². The molecule has 1 fully saturated rings. The second-order valence-electron chi connectivity index (χ2n) is 5.67. The lowest BCUT2D eigenvalue weighted by Crippen LogP contribution is -2.44. The maximum Gasteiger partial charge on any atom is 0.250 e. The summed E-state index contributed by atoms with van der Waals surface area (Å²) in [6.07, 6.45) is 6.97. The summed E-state index contributed by atoms with van der Waals surface area (Å²) < 4.78 is 5.15. The summed E-state index contributed by atoms with van der Waals surface area (Å²) in [5.74, 6) is 1.19. The lowest BCUT2D eigenvalue weighted by molar-refractivity contribution is 0.229. The molecule has 0 aliphatic heterocycles. The van der Waals surface area contributed by atoms with Gasteiger partial charge in [0.1, 0.15) is 0 Å². The molecule has 1 saturated carbocycles. The van der Waals surface area contributed by atoms with Gasteiger partial charge >= 0.3 is 0 Å². The summed E-state index contributed by atoms with van der Waals surface area (Å²) in [5.41, 5.74) is 5.89. The van der Waals surface area contributed by atoms with Crippen LogP contribution in [-0.4, -0.2) is 10.1 Å². The highest BCUT2D eigenvalue weighted by Crippen LogP contribution is 2.36. The van der Waals surface area contributed by atoms with Crippen LogP contribution in [0.1, 0.15) is 51.7 Å². The third-order valence-electron chi connectivity index (χ3n) is 2.86. The fourth-order valence-corrected chi connectivity index (χ4v) is 1.61. The summed E-state index contributed by atoms with van der Waals surface area (Å²) in [5, 5.41) is 3.95. The van der Waals surface area contributed by atoms with Gasteiger partial charge < -0.3 is 10.3 Å². The van der Waals surface area contributed by atoms with Crippen molar-refractivity contribution in [1.82, 2.24) is 10.1 Å². The van der Waals surface area contributed by atoms with Gasteiger partial charge in [0.2, 0.25) is 5.89 Å². The lowest BCUT2D eigenvalue weighted by Gasteiger charge is -2.34. The van der Waals surface area contributed by atoms with Crippen LogP contribution in [0.25, 0.3) is 6.08 Å². The number of nitrogens with two attached hydrogens (primary N) is 1. The van der Waals surface area contributed by atoms with E-state index in [-0.39, 0.29) is 11.0 Å². The molecular formula is C12H19N3O. The maximum absolute atomic E-state index is 6.11. The van der Waals surface area contributed by atoms with Crippen LogP contribution in [0.15, 0.2) is 10.6 Å². The van der Waals surface area contributed by atoms with Crippen LogP contribution >= 0.6 is 0 Å². The molecule has 0 saturated heterocycles. The van der Waals surface area contributed by atoms with E-state index >= 15 is 0 Å². The molecule has 4 nitrogen and oxygen atoms in total. The summed E-state index contributed by atoms with van der Waals surface area (Å²) in [4.78, 5) is 4.32. The van der Waals surface area contributed by atoms with Crippen molar-refractivity contribution in [3.63, 3.8) is 0 Å². The van der Waals surface area contributed by atoms with Gasteiger partial charge in [0.15, 0.2) is 5.82 Å². The molecule has 2 rings (SSSR count). The molecule has 1 aliphatic carbocycles. The Kier molecular flexibility index (Phi) is 2.62. The van der Waals surface area contributed by atoms with Gasteiger partial charge in [-0.25, -0.2) is 0 Å². The number of allylic oxidation sites excluding steroid dienone is 1. The van der Waals surface area contributed by atoms with Crippen LogP contribution in [0.4, 0.5) is 0 Å². The smallest absolute Gasteiger partial charge is 0.250 e. The standard InChI is InChI=1S/C12H19N3O/c1-11(2,3)8-5-9-14-10(15-16-9)12(13)6-4-7-12/h5,8H,4,6-7,13H2,1-3H3/b8-5+. The summed E-state index contributed by atoms with van der Waals surface area (Å²) in [7, 11) is 0. The van der Waals surface area contributed by atoms with Crippen molar-refractivity contribution >= 4 is 6.08 Å². The second kappa shape index (κ2) is 3.70. The largest absolute Gasteiger partial charge is 0.335 e. The third-order valence-corrected chi connectivity index (χ3v) is 2.86. The van der Waals surface area contributed by atoms with Crippen molar-refractivity contribution in [3.8, 4) is 0 Å². The third kappa shape index (κ3) is 2.32. The van der Waals surface area contributed by atoms with E-state index in [9.17, 15) is 0 Å². The molecule has 2 N–H and O–H groups in total. The molecule has 16 heavy (non-hydrogen) atoms. The molecule has 0 amide bonds. The van der Waals surface area contributed by atoms with Gasteiger partial charge in [-0.3, -0.25) is 0 Å². The van der Waals surface area contributed by atoms with Crippen LogP contribution < -0.4 is 5.73 Å².